The zero-order valence-corrected chi connectivity index (χ0v) is 18.4. The third kappa shape index (κ3) is 8.94. The van der Waals surface area contributed by atoms with Gasteiger partial charge in [0.15, 0.2) is 12.6 Å². The van der Waals surface area contributed by atoms with Crippen LogP contribution in [0.25, 0.3) is 0 Å². The smallest absolute Gasteiger partial charge is 0.255 e. The topological polar surface area (TPSA) is 98.0 Å². The molecule has 0 heterocycles. The second-order valence-corrected chi connectivity index (χ2v) is 5.92. The number of primary amides is 1. The van der Waals surface area contributed by atoms with Crippen LogP contribution in [0.15, 0.2) is 53.5 Å². The highest BCUT2D eigenvalue weighted by molar-refractivity contribution is 14.0. The van der Waals surface area contributed by atoms with Crippen molar-refractivity contribution in [1.29, 1.82) is 0 Å². The van der Waals surface area contributed by atoms with Crippen LogP contribution < -0.4 is 25.8 Å². The maximum absolute atomic E-state index is 10.8. The van der Waals surface area contributed by atoms with Crippen molar-refractivity contribution in [3.8, 4) is 11.5 Å². The third-order valence-corrected chi connectivity index (χ3v) is 3.65. The molecule has 0 saturated carbocycles. The lowest BCUT2D eigenvalue weighted by atomic mass is 10.2. The van der Waals surface area contributed by atoms with Gasteiger partial charge in [-0.3, -0.25) is 9.79 Å². The second-order valence-electron chi connectivity index (χ2n) is 5.92. The van der Waals surface area contributed by atoms with Gasteiger partial charge in [-0.25, -0.2) is 0 Å². The summed E-state index contributed by atoms with van der Waals surface area (Å²) < 4.78 is 11.0. The molecule has 0 atom stereocenters. The molecule has 4 N–H and O–H groups in total. The van der Waals surface area contributed by atoms with Crippen molar-refractivity contribution in [2.45, 2.75) is 13.5 Å². The van der Waals surface area contributed by atoms with Gasteiger partial charge in [-0.1, -0.05) is 29.8 Å². The van der Waals surface area contributed by atoms with Gasteiger partial charge in [-0.15, -0.1) is 24.0 Å². The number of guanidine groups is 1. The van der Waals surface area contributed by atoms with E-state index < -0.39 is 5.91 Å². The minimum Gasteiger partial charge on any atom is -0.492 e. The Morgan fingerprint density at radius 3 is 2.50 bits per heavy atom. The van der Waals surface area contributed by atoms with E-state index in [9.17, 15) is 4.79 Å². The molecule has 1 amide bonds. The Hall–Kier alpha value is -2.49. The van der Waals surface area contributed by atoms with E-state index in [1.54, 1.807) is 13.1 Å². The predicted molar refractivity (Wildman–Crippen MR) is 121 cm³/mol. The summed E-state index contributed by atoms with van der Waals surface area (Å²) in [6.07, 6.45) is 0. The van der Waals surface area contributed by atoms with Crippen LogP contribution >= 0.6 is 24.0 Å². The normalized spacial score (nSPS) is 10.6. The molecule has 0 unspecified atom stereocenters. The van der Waals surface area contributed by atoms with E-state index in [1.165, 1.54) is 5.56 Å². The van der Waals surface area contributed by atoms with Crippen molar-refractivity contribution in [1.82, 2.24) is 10.6 Å². The van der Waals surface area contributed by atoms with Crippen LogP contribution in [0.5, 0.6) is 11.5 Å². The van der Waals surface area contributed by atoms with Crippen LogP contribution in [0.1, 0.15) is 11.1 Å². The number of aliphatic imine (C=N–C) groups is 1. The number of nitrogens with two attached hydrogens (primary N) is 1. The molecule has 2 rings (SSSR count). The predicted octanol–water partition coefficient (Wildman–Crippen LogP) is 2.22. The lowest BCUT2D eigenvalue weighted by Gasteiger charge is -2.13. The maximum Gasteiger partial charge on any atom is 0.255 e. The quantitative estimate of drug-likeness (QED) is 0.213. The summed E-state index contributed by atoms with van der Waals surface area (Å²) >= 11 is 0. The second kappa shape index (κ2) is 12.8. The maximum atomic E-state index is 10.8. The van der Waals surface area contributed by atoms with Gasteiger partial charge in [0.2, 0.25) is 0 Å². The van der Waals surface area contributed by atoms with Gasteiger partial charge < -0.3 is 25.8 Å². The molecular weight excluding hydrogens is 471 g/mol. The van der Waals surface area contributed by atoms with E-state index in [0.29, 0.717) is 31.4 Å². The fourth-order valence-corrected chi connectivity index (χ4v) is 2.28. The van der Waals surface area contributed by atoms with E-state index in [1.807, 2.05) is 49.4 Å². The minimum atomic E-state index is -0.504. The van der Waals surface area contributed by atoms with Crippen LogP contribution in [0.3, 0.4) is 0 Å². The molecule has 0 aliphatic heterocycles. The number of nitrogens with one attached hydrogen (secondary N) is 2. The number of benzene rings is 2. The monoisotopic (exact) mass is 498 g/mol. The number of nitrogens with zero attached hydrogens (tertiary/aromatic N) is 1. The summed E-state index contributed by atoms with van der Waals surface area (Å²) in [5.74, 6) is 1.61. The average Bonchev–Trinajstić information content (AvgIpc) is 2.67. The zero-order chi connectivity index (χ0) is 19.5. The van der Waals surface area contributed by atoms with Crippen LogP contribution in [-0.4, -0.2) is 38.7 Å². The Balaban J connectivity index is 0.00000392. The number of ether oxygens (including phenoxy) is 2. The number of hydrogen-bond acceptors (Lipinski definition) is 4. The standard InChI is InChI=1S/C20H26N4O3.HI/c1-15-6-8-17(9-7-15)26-11-10-23-20(22-2)24-13-16-4-3-5-18(12-16)27-14-19(21)25;/h3-9,12H,10-11,13-14H2,1-2H3,(H2,21,25)(H2,22,23,24);1H. The fourth-order valence-electron chi connectivity index (χ4n) is 2.28. The van der Waals surface area contributed by atoms with Gasteiger partial charge in [0.1, 0.15) is 18.1 Å². The molecule has 2 aromatic rings. The van der Waals surface area contributed by atoms with Crippen molar-refractivity contribution >= 4 is 35.8 Å². The molecule has 7 nitrogen and oxygen atoms in total. The molecule has 0 fully saturated rings. The Morgan fingerprint density at radius 2 is 1.82 bits per heavy atom. The number of carbonyl (C=O) groups excluding carboxylic acids is 1. The lowest BCUT2D eigenvalue weighted by Crippen LogP contribution is -2.38. The molecule has 0 radical (unpaired) electrons. The van der Waals surface area contributed by atoms with Crippen molar-refractivity contribution in [3.63, 3.8) is 0 Å². The summed E-state index contributed by atoms with van der Waals surface area (Å²) in [5, 5.41) is 6.42. The number of carbonyl (C=O) groups is 1. The number of rotatable bonds is 9. The molecule has 8 heteroatoms. The lowest BCUT2D eigenvalue weighted by molar-refractivity contribution is -0.119. The summed E-state index contributed by atoms with van der Waals surface area (Å²) in [7, 11) is 1.71. The van der Waals surface area contributed by atoms with Crippen LogP contribution in [-0.2, 0) is 11.3 Å². The number of amides is 1. The van der Waals surface area contributed by atoms with Crippen molar-refractivity contribution < 1.29 is 14.3 Å². The Kier molecular flexibility index (Phi) is 10.8. The summed E-state index contributed by atoms with van der Waals surface area (Å²) in [6.45, 7) is 3.61. The number of aryl methyl sites for hydroxylation is 1. The Bertz CT molecular complexity index is 766. The van der Waals surface area contributed by atoms with Crippen molar-refractivity contribution in [2.24, 2.45) is 10.7 Å². The highest BCUT2D eigenvalue weighted by Gasteiger charge is 2.02. The molecule has 0 aliphatic rings. The van der Waals surface area contributed by atoms with E-state index in [0.717, 1.165) is 11.3 Å². The highest BCUT2D eigenvalue weighted by Crippen LogP contribution is 2.13. The first kappa shape index (κ1) is 23.5. The van der Waals surface area contributed by atoms with Crippen LogP contribution in [0.2, 0.25) is 0 Å². The van der Waals surface area contributed by atoms with E-state index >= 15 is 0 Å². The fraction of sp³-hybridized carbons (Fsp3) is 0.300. The van der Waals surface area contributed by atoms with Gasteiger partial charge in [0, 0.05) is 13.6 Å². The summed E-state index contributed by atoms with van der Waals surface area (Å²) in [5.41, 5.74) is 7.28. The summed E-state index contributed by atoms with van der Waals surface area (Å²) in [4.78, 5) is 15.0. The zero-order valence-electron chi connectivity index (χ0n) is 16.1. The molecule has 152 valence electrons. The highest BCUT2D eigenvalue weighted by atomic mass is 127. The minimum absolute atomic E-state index is 0. The van der Waals surface area contributed by atoms with Gasteiger partial charge in [0.05, 0.1) is 6.54 Å². The number of halogens is 1. The SMILES string of the molecule is CN=C(NCCOc1ccc(C)cc1)NCc1cccc(OCC(N)=O)c1.I. The molecule has 28 heavy (non-hydrogen) atoms. The molecule has 0 spiro atoms. The first-order valence-electron chi connectivity index (χ1n) is 8.71. The van der Waals surface area contributed by atoms with Crippen LogP contribution in [0.4, 0.5) is 0 Å². The molecule has 2 aromatic carbocycles. The van der Waals surface area contributed by atoms with Gasteiger partial charge in [-0.2, -0.15) is 0 Å². The molecular formula is C20H27IN4O3. The largest absolute Gasteiger partial charge is 0.492 e. The van der Waals surface area contributed by atoms with Gasteiger partial charge in [0.25, 0.3) is 5.91 Å². The van der Waals surface area contributed by atoms with E-state index in [4.69, 9.17) is 15.2 Å². The molecule has 0 aromatic heterocycles. The Labute approximate surface area is 182 Å². The van der Waals surface area contributed by atoms with Crippen molar-refractivity contribution in [2.75, 3.05) is 26.8 Å². The van der Waals surface area contributed by atoms with E-state index in [-0.39, 0.29) is 30.6 Å². The Morgan fingerprint density at radius 1 is 1.07 bits per heavy atom. The van der Waals surface area contributed by atoms with Gasteiger partial charge in [-0.05, 0) is 36.8 Å². The van der Waals surface area contributed by atoms with Gasteiger partial charge >= 0.3 is 0 Å². The van der Waals surface area contributed by atoms with Crippen molar-refractivity contribution in [3.05, 3.63) is 59.7 Å². The first-order valence-corrected chi connectivity index (χ1v) is 8.71. The van der Waals surface area contributed by atoms with Crippen LogP contribution in [0, 0.1) is 6.92 Å². The summed E-state index contributed by atoms with van der Waals surface area (Å²) in [6, 6.07) is 15.4. The first-order chi connectivity index (χ1) is 13.1. The molecule has 0 bridgehead atoms. The van der Waals surface area contributed by atoms with E-state index in [2.05, 4.69) is 15.6 Å². The molecule has 0 aliphatic carbocycles. The number of hydrogen-bond donors (Lipinski definition) is 3. The molecule has 0 saturated heterocycles. The third-order valence-electron chi connectivity index (χ3n) is 3.65. The average molecular weight is 498 g/mol.